The zero-order chi connectivity index (χ0) is 22.2. The van der Waals surface area contributed by atoms with Gasteiger partial charge in [-0.2, -0.15) is 0 Å². The third-order valence-corrected chi connectivity index (χ3v) is 7.48. The summed E-state index contributed by atoms with van der Waals surface area (Å²) < 4.78 is 0. The van der Waals surface area contributed by atoms with Crippen LogP contribution in [0.3, 0.4) is 0 Å². The first-order valence-electron chi connectivity index (χ1n) is 11.6. The van der Waals surface area contributed by atoms with Crippen molar-refractivity contribution < 1.29 is 0 Å². The molecule has 0 aromatic heterocycles. The maximum atomic E-state index is 5.28. The summed E-state index contributed by atoms with van der Waals surface area (Å²) in [6, 6.07) is 30.6. The normalized spacial score (nSPS) is 20.9. The molecular weight excluding hydrogens is 420 g/mol. The first kappa shape index (κ1) is 20.3. The van der Waals surface area contributed by atoms with Gasteiger partial charge < -0.3 is 4.90 Å². The van der Waals surface area contributed by atoms with Crippen LogP contribution in [0, 0.1) is 6.92 Å². The van der Waals surface area contributed by atoms with Gasteiger partial charge in [0.2, 0.25) is 0 Å². The van der Waals surface area contributed by atoms with Gasteiger partial charge in [-0.1, -0.05) is 102 Å². The van der Waals surface area contributed by atoms with Crippen LogP contribution in [0.15, 0.2) is 112 Å². The topological polar surface area (TPSA) is 15.6 Å². The minimum atomic E-state index is 0.177. The summed E-state index contributed by atoms with van der Waals surface area (Å²) in [5.74, 6) is 0. The number of nitrogens with zero attached hydrogens (tertiary/aromatic N) is 2. The van der Waals surface area contributed by atoms with Gasteiger partial charge in [-0.3, -0.25) is 0 Å². The minimum Gasteiger partial charge on any atom is -0.308 e. The number of aliphatic imine (C=N–C) groups is 1. The summed E-state index contributed by atoms with van der Waals surface area (Å²) in [6.07, 6.45) is 5.66. The number of allylic oxidation sites excluding steroid dienone is 1. The summed E-state index contributed by atoms with van der Waals surface area (Å²) in [6.45, 7) is 2.14. The van der Waals surface area contributed by atoms with E-state index in [1.807, 2.05) is 0 Å². The lowest BCUT2D eigenvalue weighted by Gasteiger charge is -2.40. The Balaban J connectivity index is 1.49. The van der Waals surface area contributed by atoms with E-state index in [4.69, 9.17) is 4.99 Å². The Bertz CT molecular complexity index is 1300. The van der Waals surface area contributed by atoms with E-state index in [0.29, 0.717) is 0 Å². The molecule has 2 heterocycles. The van der Waals surface area contributed by atoms with Gasteiger partial charge in [-0.25, -0.2) is 4.99 Å². The molecule has 1 aliphatic carbocycles. The van der Waals surface area contributed by atoms with Gasteiger partial charge in [0, 0.05) is 5.41 Å². The van der Waals surface area contributed by atoms with Crippen LogP contribution in [-0.2, 0) is 0 Å². The first-order valence-corrected chi connectivity index (χ1v) is 12.5. The van der Waals surface area contributed by atoms with Gasteiger partial charge in [0.25, 0.3) is 0 Å². The highest BCUT2D eigenvalue weighted by Crippen LogP contribution is 2.51. The number of hydrogen-bond acceptors (Lipinski definition) is 3. The van der Waals surface area contributed by atoms with E-state index in [-0.39, 0.29) is 6.04 Å². The number of hydrogen-bond donors (Lipinski definition) is 0. The average Bonchev–Trinajstić information content (AvgIpc) is 3.28. The molecular formula is C30H26N2S. The highest BCUT2D eigenvalue weighted by Gasteiger charge is 2.40. The monoisotopic (exact) mass is 446 g/mol. The van der Waals surface area contributed by atoms with Gasteiger partial charge in [0.15, 0.2) is 5.17 Å². The lowest BCUT2D eigenvalue weighted by atomic mass is 9.83. The SMILES string of the molecule is Cc1ccc(C2=CSC3=NC4=C(CCC/C4=C\c4ccccc4)[C@H](c4ccccc4)N23)cc1. The number of rotatable bonds is 3. The maximum Gasteiger partial charge on any atom is 0.174 e. The van der Waals surface area contributed by atoms with E-state index in [1.54, 1.807) is 11.8 Å². The van der Waals surface area contributed by atoms with E-state index < -0.39 is 0 Å². The third kappa shape index (κ3) is 3.77. The molecule has 0 amide bonds. The predicted octanol–water partition coefficient (Wildman–Crippen LogP) is 7.97. The quantitative estimate of drug-likeness (QED) is 0.405. The lowest BCUT2D eigenvalue weighted by molar-refractivity contribution is 0.458. The maximum absolute atomic E-state index is 5.28. The largest absolute Gasteiger partial charge is 0.308 e. The second kappa shape index (κ2) is 8.57. The summed E-state index contributed by atoms with van der Waals surface area (Å²) >= 11 is 1.75. The molecule has 0 unspecified atom stereocenters. The van der Waals surface area contributed by atoms with E-state index in [1.165, 1.54) is 44.8 Å². The summed E-state index contributed by atoms with van der Waals surface area (Å²) in [5, 5.41) is 3.36. The smallest absolute Gasteiger partial charge is 0.174 e. The number of benzene rings is 3. The molecule has 0 bridgehead atoms. The molecule has 162 valence electrons. The molecule has 0 fully saturated rings. The molecule has 6 rings (SSSR count). The summed E-state index contributed by atoms with van der Waals surface area (Å²) in [4.78, 5) is 7.74. The molecule has 3 heteroatoms. The Morgan fingerprint density at radius 2 is 1.61 bits per heavy atom. The van der Waals surface area contributed by atoms with Crippen LogP contribution in [0.5, 0.6) is 0 Å². The lowest BCUT2D eigenvalue weighted by Crippen LogP contribution is -2.34. The summed E-state index contributed by atoms with van der Waals surface area (Å²) in [7, 11) is 0. The molecule has 0 N–H and O–H groups in total. The average molecular weight is 447 g/mol. The van der Waals surface area contributed by atoms with E-state index in [9.17, 15) is 0 Å². The number of fused-ring (bicyclic) bond motifs is 1. The van der Waals surface area contributed by atoms with Crippen molar-refractivity contribution in [2.24, 2.45) is 4.99 Å². The fourth-order valence-electron chi connectivity index (χ4n) is 5.04. The first-order chi connectivity index (χ1) is 16.3. The minimum absolute atomic E-state index is 0.177. The van der Waals surface area contributed by atoms with Gasteiger partial charge in [-0.05, 0) is 60.1 Å². The van der Waals surface area contributed by atoms with Crippen molar-refractivity contribution in [1.82, 2.24) is 4.90 Å². The van der Waals surface area contributed by atoms with Crippen molar-refractivity contribution in [3.8, 4) is 0 Å². The zero-order valence-electron chi connectivity index (χ0n) is 18.7. The number of thioether (sulfide) groups is 1. The molecule has 3 aromatic rings. The van der Waals surface area contributed by atoms with Crippen LogP contribution in [-0.4, -0.2) is 10.1 Å². The number of amidine groups is 1. The van der Waals surface area contributed by atoms with E-state index in [2.05, 4.69) is 108 Å². The predicted molar refractivity (Wildman–Crippen MR) is 140 cm³/mol. The zero-order valence-corrected chi connectivity index (χ0v) is 19.6. The van der Waals surface area contributed by atoms with Crippen molar-refractivity contribution in [3.05, 3.63) is 129 Å². The molecule has 3 aliphatic rings. The molecule has 2 nitrogen and oxygen atoms in total. The van der Waals surface area contributed by atoms with Crippen molar-refractivity contribution >= 4 is 28.7 Å². The fourth-order valence-corrected chi connectivity index (χ4v) is 5.96. The standard InChI is InChI=1S/C30H26N2S/c1-21-15-17-23(18-16-21)27-20-33-30-31-28-25(19-22-9-4-2-5-10-22)13-8-14-26(28)29(32(27)30)24-11-6-3-7-12-24/h2-7,9-12,15-20,29H,8,13-14H2,1H3/b25-19+/t29-/m0/s1. The second-order valence-corrected chi connectivity index (χ2v) is 9.71. The highest BCUT2D eigenvalue weighted by molar-refractivity contribution is 8.16. The van der Waals surface area contributed by atoms with Gasteiger partial charge >= 0.3 is 0 Å². The van der Waals surface area contributed by atoms with Crippen molar-refractivity contribution in [3.63, 3.8) is 0 Å². The van der Waals surface area contributed by atoms with E-state index in [0.717, 1.165) is 24.4 Å². The van der Waals surface area contributed by atoms with Gasteiger partial charge in [-0.15, -0.1) is 0 Å². The Kier molecular flexibility index (Phi) is 5.27. The van der Waals surface area contributed by atoms with Gasteiger partial charge in [0.1, 0.15) is 0 Å². The second-order valence-electron chi connectivity index (χ2n) is 8.87. The third-order valence-electron chi connectivity index (χ3n) is 6.64. The van der Waals surface area contributed by atoms with Crippen LogP contribution in [0.25, 0.3) is 11.8 Å². The molecule has 0 saturated carbocycles. The van der Waals surface area contributed by atoms with Crippen molar-refractivity contribution in [1.29, 1.82) is 0 Å². The van der Waals surface area contributed by atoms with Crippen LogP contribution in [0.4, 0.5) is 0 Å². The molecule has 0 spiro atoms. The number of aryl methyl sites for hydroxylation is 1. The summed E-state index contributed by atoms with van der Waals surface area (Å²) in [5.41, 5.74) is 10.4. The Morgan fingerprint density at radius 1 is 0.879 bits per heavy atom. The molecule has 0 radical (unpaired) electrons. The Hall–Kier alpha value is -3.30. The van der Waals surface area contributed by atoms with Crippen LogP contribution < -0.4 is 0 Å². The molecule has 2 aliphatic heterocycles. The highest BCUT2D eigenvalue weighted by atomic mass is 32.2. The van der Waals surface area contributed by atoms with Crippen molar-refractivity contribution in [2.75, 3.05) is 0 Å². The molecule has 1 atom stereocenters. The van der Waals surface area contributed by atoms with Crippen molar-refractivity contribution in [2.45, 2.75) is 32.2 Å². The van der Waals surface area contributed by atoms with E-state index >= 15 is 0 Å². The fraction of sp³-hybridized carbons (Fsp3) is 0.167. The molecule has 33 heavy (non-hydrogen) atoms. The molecule has 0 saturated heterocycles. The van der Waals surface area contributed by atoms with Crippen LogP contribution in [0.1, 0.15) is 47.6 Å². The van der Waals surface area contributed by atoms with Crippen LogP contribution >= 0.6 is 11.8 Å². The Labute approximate surface area is 200 Å². The van der Waals surface area contributed by atoms with Gasteiger partial charge in [0.05, 0.1) is 17.4 Å². The molecule has 3 aromatic carbocycles. The Morgan fingerprint density at radius 3 is 2.36 bits per heavy atom. The van der Waals surface area contributed by atoms with Crippen LogP contribution in [0.2, 0.25) is 0 Å².